The number of hydrogen-bond donors (Lipinski definition) is 2. The van der Waals surface area contributed by atoms with Gasteiger partial charge in [-0.3, -0.25) is 15.1 Å². The summed E-state index contributed by atoms with van der Waals surface area (Å²) in [5.74, 6) is -0.914. The number of pyridine rings is 1. The SMILES string of the molecule is COCC(N[C@H](C)c1ccncc1)C(=O)O. The van der Waals surface area contributed by atoms with Crippen LogP contribution >= 0.6 is 0 Å². The topological polar surface area (TPSA) is 71.5 Å². The molecule has 1 heterocycles. The summed E-state index contributed by atoms with van der Waals surface area (Å²) in [6.07, 6.45) is 3.36. The van der Waals surface area contributed by atoms with Crippen LogP contribution in [0.5, 0.6) is 0 Å². The Morgan fingerprint density at radius 1 is 1.56 bits per heavy atom. The van der Waals surface area contributed by atoms with E-state index in [1.165, 1.54) is 7.11 Å². The lowest BCUT2D eigenvalue weighted by Gasteiger charge is -2.19. The van der Waals surface area contributed by atoms with E-state index in [1.54, 1.807) is 12.4 Å². The lowest BCUT2D eigenvalue weighted by atomic mass is 10.1. The maximum Gasteiger partial charge on any atom is 0.323 e. The van der Waals surface area contributed by atoms with Gasteiger partial charge in [-0.2, -0.15) is 0 Å². The smallest absolute Gasteiger partial charge is 0.323 e. The van der Waals surface area contributed by atoms with E-state index in [9.17, 15) is 4.79 Å². The van der Waals surface area contributed by atoms with E-state index < -0.39 is 12.0 Å². The van der Waals surface area contributed by atoms with Gasteiger partial charge in [-0.05, 0) is 24.6 Å². The number of carbonyl (C=O) groups is 1. The lowest BCUT2D eigenvalue weighted by Crippen LogP contribution is -2.41. The van der Waals surface area contributed by atoms with Crippen LogP contribution in [0, 0.1) is 0 Å². The Morgan fingerprint density at radius 2 is 2.19 bits per heavy atom. The number of nitrogens with zero attached hydrogens (tertiary/aromatic N) is 1. The van der Waals surface area contributed by atoms with Crippen molar-refractivity contribution in [1.29, 1.82) is 0 Å². The van der Waals surface area contributed by atoms with E-state index in [0.29, 0.717) is 0 Å². The van der Waals surface area contributed by atoms with E-state index in [2.05, 4.69) is 10.3 Å². The highest BCUT2D eigenvalue weighted by molar-refractivity contribution is 5.73. The number of rotatable bonds is 6. The van der Waals surface area contributed by atoms with E-state index in [0.717, 1.165) is 5.56 Å². The van der Waals surface area contributed by atoms with Crippen molar-refractivity contribution in [2.75, 3.05) is 13.7 Å². The number of methoxy groups -OCH3 is 1. The highest BCUT2D eigenvalue weighted by atomic mass is 16.5. The molecule has 1 aromatic rings. The maximum absolute atomic E-state index is 10.9. The zero-order valence-electron chi connectivity index (χ0n) is 9.38. The molecule has 0 aliphatic rings. The molecule has 2 N–H and O–H groups in total. The molecule has 16 heavy (non-hydrogen) atoms. The highest BCUT2D eigenvalue weighted by Gasteiger charge is 2.19. The first-order valence-corrected chi connectivity index (χ1v) is 5.03. The first kappa shape index (κ1) is 12.6. The van der Waals surface area contributed by atoms with Crippen LogP contribution in [-0.4, -0.2) is 35.8 Å². The van der Waals surface area contributed by atoms with Gasteiger partial charge >= 0.3 is 5.97 Å². The highest BCUT2D eigenvalue weighted by Crippen LogP contribution is 2.11. The molecule has 0 fully saturated rings. The third-order valence-electron chi connectivity index (χ3n) is 2.29. The molecule has 0 radical (unpaired) electrons. The number of carboxylic acid groups (broad SMARTS) is 1. The zero-order chi connectivity index (χ0) is 12.0. The predicted molar refractivity (Wildman–Crippen MR) is 59.1 cm³/mol. The van der Waals surface area contributed by atoms with Gasteiger partial charge in [0.25, 0.3) is 0 Å². The second-order valence-corrected chi connectivity index (χ2v) is 3.52. The van der Waals surface area contributed by atoms with Gasteiger partial charge in [-0.1, -0.05) is 0 Å². The predicted octanol–water partition coefficient (Wildman–Crippen LogP) is 0.832. The van der Waals surface area contributed by atoms with Crippen LogP contribution in [0.4, 0.5) is 0 Å². The number of aliphatic carboxylic acids is 1. The van der Waals surface area contributed by atoms with Crippen molar-refractivity contribution >= 4 is 5.97 Å². The van der Waals surface area contributed by atoms with Crippen LogP contribution in [0.2, 0.25) is 0 Å². The molecule has 1 unspecified atom stereocenters. The van der Waals surface area contributed by atoms with Gasteiger partial charge in [0.2, 0.25) is 0 Å². The fourth-order valence-electron chi connectivity index (χ4n) is 1.41. The third-order valence-corrected chi connectivity index (χ3v) is 2.29. The molecule has 2 atom stereocenters. The number of aromatic nitrogens is 1. The molecule has 5 heteroatoms. The monoisotopic (exact) mass is 224 g/mol. The first-order valence-electron chi connectivity index (χ1n) is 5.03. The quantitative estimate of drug-likeness (QED) is 0.749. The van der Waals surface area contributed by atoms with Gasteiger partial charge in [0.15, 0.2) is 0 Å². The summed E-state index contributed by atoms with van der Waals surface area (Å²) in [5, 5.41) is 11.9. The summed E-state index contributed by atoms with van der Waals surface area (Å²) in [6, 6.07) is 2.94. The molecule has 0 saturated carbocycles. The summed E-state index contributed by atoms with van der Waals surface area (Å²) in [5.41, 5.74) is 0.998. The lowest BCUT2D eigenvalue weighted by molar-refractivity contribution is -0.141. The number of nitrogens with one attached hydrogen (secondary N) is 1. The fraction of sp³-hybridized carbons (Fsp3) is 0.455. The Kier molecular flexibility index (Phi) is 4.88. The third kappa shape index (κ3) is 3.60. The minimum Gasteiger partial charge on any atom is -0.480 e. The molecular formula is C11H16N2O3. The van der Waals surface area contributed by atoms with Crippen molar-refractivity contribution in [3.8, 4) is 0 Å². The zero-order valence-corrected chi connectivity index (χ0v) is 9.38. The Bertz CT molecular complexity index is 329. The van der Waals surface area contributed by atoms with Crippen LogP contribution in [0.25, 0.3) is 0 Å². The number of hydrogen-bond acceptors (Lipinski definition) is 4. The average molecular weight is 224 g/mol. The molecule has 0 bridgehead atoms. The van der Waals surface area contributed by atoms with E-state index in [4.69, 9.17) is 9.84 Å². The van der Waals surface area contributed by atoms with Crippen LogP contribution in [0.3, 0.4) is 0 Å². The Labute approximate surface area is 94.5 Å². The minimum atomic E-state index is -0.914. The summed E-state index contributed by atoms with van der Waals surface area (Å²) in [7, 11) is 1.48. The Hall–Kier alpha value is -1.46. The molecule has 5 nitrogen and oxygen atoms in total. The largest absolute Gasteiger partial charge is 0.480 e. The first-order chi connectivity index (χ1) is 7.65. The molecule has 1 rings (SSSR count). The van der Waals surface area contributed by atoms with Crippen LogP contribution < -0.4 is 5.32 Å². The minimum absolute atomic E-state index is 0.0563. The number of ether oxygens (including phenoxy) is 1. The Balaban J connectivity index is 2.61. The fourth-order valence-corrected chi connectivity index (χ4v) is 1.41. The van der Waals surface area contributed by atoms with E-state index in [1.807, 2.05) is 19.1 Å². The molecule has 0 aliphatic heterocycles. The van der Waals surface area contributed by atoms with Gasteiger partial charge in [-0.15, -0.1) is 0 Å². The molecule has 0 saturated heterocycles. The summed E-state index contributed by atoms with van der Waals surface area (Å²) < 4.78 is 4.85. The normalized spacial score (nSPS) is 14.4. The Morgan fingerprint density at radius 3 is 2.69 bits per heavy atom. The van der Waals surface area contributed by atoms with Gasteiger partial charge in [-0.25, -0.2) is 0 Å². The molecule has 1 aromatic heterocycles. The number of carboxylic acids is 1. The second-order valence-electron chi connectivity index (χ2n) is 3.52. The molecule has 0 spiro atoms. The van der Waals surface area contributed by atoms with Gasteiger partial charge in [0.05, 0.1) is 6.61 Å². The van der Waals surface area contributed by atoms with Crippen molar-refractivity contribution in [3.05, 3.63) is 30.1 Å². The standard InChI is InChI=1S/C11H16N2O3/c1-8(9-3-5-12-6-4-9)13-10(7-16-2)11(14)15/h3-6,8,10,13H,7H2,1-2H3,(H,14,15)/t8-,10?/m1/s1. The molecule has 0 amide bonds. The van der Waals surface area contributed by atoms with Gasteiger partial charge < -0.3 is 9.84 Å². The summed E-state index contributed by atoms with van der Waals surface area (Å²) in [6.45, 7) is 2.05. The van der Waals surface area contributed by atoms with Gasteiger partial charge in [0, 0.05) is 25.5 Å². The van der Waals surface area contributed by atoms with Crippen molar-refractivity contribution in [3.63, 3.8) is 0 Å². The molecule has 0 aromatic carbocycles. The van der Waals surface area contributed by atoms with E-state index in [-0.39, 0.29) is 12.6 Å². The maximum atomic E-state index is 10.9. The van der Waals surface area contributed by atoms with Gasteiger partial charge in [0.1, 0.15) is 6.04 Å². The van der Waals surface area contributed by atoms with Crippen LogP contribution in [-0.2, 0) is 9.53 Å². The second kappa shape index (κ2) is 6.19. The van der Waals surface area contributed by atoms with E-state index >= 15 is 0 Å². The molecule has 0 aliphatic carbocycles. The van der Waals surface area contributed by atoms with Crippen molar-refractivity contribution in [1.82, 2.24) is 10.3 Å². The molecule has 88 valence electrons. The van der Waals surface area contributed by atoms with Crippen molar-refractivity contribution in [2.24, 2.45) is 0 Å². The average Bonchev–Trinajstić information content (AvgIpc) is 2.29. The van der Waals surface area contributed by atoms with Crippen LogP contribution in [0.15, 0.2) is 24.5 Å². The van der Waals surface area contributed by atoms with Crippen molar-refractivity contribution in [2.45, 2.75) is 19.0 Å². The summed E-state index contributed by atoms with van der Waals surface area (Å²) >= 11 is 0. The summed E-state index contributed by atoms with van der Waals surface area (Å²) in [4.78, 5) is 14.8. The van der Waals surface area contributed by atoms with Crippen LogP contribution in [0.1, 0.15) is 18.5 Å². The molecular weight excluding hydrogens is 208 g/mol. The van der Waals surface area contributed by atoms with Crippen molar-refractivity contribution < 1.29 is 14.6 Å².